The SMILES string of the molecule is CNC(=O)c1c(N)nsc1N(C)CC1CCCC1. The first-order valence-corrected chi connectivity index (χ1v) is 7.09. The summed E-state index contributed by atoms with van der Waals surface area (Å²) >= 11 is 1.30. The maximum Gasteiger partial charge on any atom is 0.257 e. The first kappa shape index (κ1) is 13.1. The smallest absolute Gasteiger partial charge is 0.257 e. The average Bonchev–Trinajstić information content (AvgIpc) is 2.97. The maximum atomic E-state index is 11.8. The molecule has 0 saturated heterocycles. The van der Waals surface area contributed by atoms with Gasteiger partial charge in [0.05, 0.1) is 0 Å². The summed E-state index contributed by atoms with van der Waals surface area (Å²) in [7, 11) is 3.62. The van der Waals surface area contributed by atoms with Gasteiger partial charge >= 0.3 is 0 Å². The van der Waals surface area contributed by atoms with Crippen molar-refractivity contribution in [3.63, 3.8) is 0 Å². The van der Waals surface area contributed by atoms with E-state index in [1.54, 1.807) is 7.05 Å². The number of nitrogens with one attached hydrogen (secondary N) is 1. The van der Waals surface area contributed by atoms with Gasteiger partial charge < -0.3 is 16.0 Å². The van der Waals surface area contributed by atoms with Gasteiger partial charge in [-0.15, -0.1) is 0 Å². The van der Waals surface area contributed by atoms with Crippen LogP contribution >= 0.6 is 11.5 Å². The summed E-state index contributed by atoms with van der Waals surface area (Å²) in [5, 5.41) is 3.49. The molecule has 0 radical (unpaired) electrons. The third kappa shape index (κ3) is 2.58. The molecule has 1 aromatic rings. The molecule has 0 spiro atoms. The van der Waals surface area contributed by atoms with Crippen LogP contribution in [0, 0.1) is 5.92 Å². The van der Waals surface area contributed by atoms with Gasteiger partial charge in [0.2, 0.25) is 0 Å². The Labute approximate surface area is 112 Å². The molecule has 1 fully saturated rings. The number of anilines is 2. The van der Waals surface area contributed by atoms with Crippen LogP contribution in [0.5, 0.6) is 0 Å². The van der Waals surface area contributed by atoms with Crippen LogP contribution in [-0.2, 0) is 0 Å². The molecule has 3 N–H and O–H groups in total. The molecule has 1 aromatic heterocycles. The molecule has 100 valence electrons. The highest BCUT2D eigenvalue weighted by molar-refractivity contribution is 7.11. The Morgan fingerprint density at radius 1 is 1.56 bits per heavy atom. The minimum Gasteiger partial charge on any atom is -0.382 e. The van der Waals surface area contributed by atoms with E-state index in [0.717, 1.165) is 17.5 Å². The Morgan fingerprint density at radius 3 is 2.83 bits per heavy atom. The van der Waals surface area contributed by atoms with Crippen molar-refractivity contribution in [1.29, 1.82) is 0 Å². The Balaban J connectivity index is 2.14. The number of nitrogens with two attached hydrogens (primary N) is 1. The number of carbonyl (C=O) groups excluding carboxylic acids is 1. The monoisotopic (exact) mass is 268 g/mol. The van der Waals surface area contributed by atoms with Crippen LogP contribution < -0.4 is 16.0 Å². The highest BCUT2D eigenvalue weighted by Gasteiger charge is 2.23. The van der Waals surface area contributed by atoms with Gasteiger partial charge in [0.1, 0.15) is 10.6 Å². The largest absolute Gasteiger partial charge is 0.382 e. The predicted molar refractivity (Wildman–Crippen MR) is 75.1 cm³/mol. The fourth-order valence-corrected chi connectivity index (χ4v) is 3.33. The number of carbonyl (C=O) groups is 1. The molecule has 1 saturated carbocycles. The van der Waals surface area contributed by atoms with E-state index in [2.05, 4.69) is 14.6 Å². The van der Waals surface area contributed by atoms with Gasteiger partial charge in [-0.05, 0) is 30.3 Å². The van der Waals surface area contributed by atoms with Gasteiger partial charge in [0.25, 0.3) is 5.91 Å². The molecule has 0 aliphatic heterocycles. The lowest BCUT2D eigenvalue weighted by molar-refractivity contribution is 0.0964. The van der Waals surface area contributed by atoms with Crippen molar-refractivity contribution in [2.45, 2.75) is 25.7 Å². The van der Waals surface area contributed by atoms with Crippen LogP contribution in [0.2, 0.25) is 0 Å². The number of hydrogen-bond donors (Lipinski definition) is 2. The van der Waals surface area contributed by atoms with Gasteiger partial charge in [0, 0.05) is 20.6 Å². The van der Waals surface area contributed by atoms with Gasteiger partial charge in [-0.1, -0.05) is 12.8 Å². The molecule has 0 bridgehead atoms. The summed E-state index contributed by atoms with van der Waals surface area (Å²) in [5.74, 6) is 0.901. The standard InChI is InChI=1S/C12H20N4OS/c1-14-11(17)9-10(13)15-18-12(9)16(2)7-8-5-3-4-6-8/h8H,3-7H2,1-2H3,(H2,13,15)(H,14,17). The summed E-state index contributed by atoms with van der Waals surface area (Å²) in [6.45, 7) is 0.978. The van der Waals surface area contributed by atoms with Gasteiger partial charge in [0.15, 0.2) is 5.82 Å². The second kappa shape index (κ2) is 5.56. The summed E-state index contributed by atoms with van der Waals surface area (Å²) in [6, 6.07) is 0. The van der Waals surface area contributed by atoms with Crippen LogP contribution in [0.4, 0.5) is 10.8 Å². The molecule has 5 nitrogen and oxygen atoms in total. The predicted octanol–water partition coefficient (Wildman–Crippen LogP) is 1.71. The van der Waals surface area contributed by atoms with Gasteiger partial charge in [-0.2, -0.15) is 4.37 Å². The first-order chi connectivity index (χ1) is 8.63. The molecular formula is C12H20N4OS. The molecule has 0 atom stereocenters. The third-order valence-electron chi connectivity index (χ3n) is 3.51. The molecule has 1 amide bonds. The first-order valence-electron chi connectivity index (χ1n) is 6.31. The Morgan fingerprint density at radius 2 is 2.22 bits per heavy atom. The highest BCUT2D eigenvalue weighted by Crippen LogP contribution is 2.32. The number of hydrogen-bond acceptors (Lipinski definition) is 5. The van der Waals surface area contributed by atoms with Crippen molar-refractivity contribution in [3.05, 3.63) is 5.56 Å². The van der Waals surface area contributed by atoms with Crippen LogP contribution in [0.1, 0.15) is 36.0 Å². The zero-order valence-electron chi connectivity index (χ0n) is 10.9. The Hall–Kier alpha value is -1.30. The fraction of sp³-hybridized carbons (Fsp3) is 0.667. The second-order valence-corrected chi connectivity index (χ2v) is 5.61. The molecule has 6 heteroatoms. The highest BCUT2D eigenvalue weighted by atomic mass is 32.1. The van der Waals surface area contributed by atoms with Crippen molar-refractivity contribution in [2.24, 2.45) is 5.92 Å². The molecule has 0 aromatic carbocycles. The molecule has 1 aliphatic carbocycles. The van der Waals surface area contributed by atoms with Crippen molar-refractivity contribution in [1.82, 2.24) is 9.69 Å². The quantitative estimate of drug-likeness (QED) is 0.872. The lowest BCUT2D eigenvalue weighted by Crippen LogP contribution is -2.27. The van der Waals surface area contributed by atoms with Crippen molar-refractivity contribution < 1.29 is 4.79 Å². The van der Waals surface area contributed by atoms with Gasteiger partial charge in [-0.25, -0.2) is 0 Å². The fourth-order valence-electron chi connectivity index (χ4n) is 2.56. The van der Waals surface area contributed by atoms with Crippen LogP contribution in [-0.4, -0.2) is 30.9 Å². The summed E-state index contributed by atoms with van der Waals surface area (Å²) in [5.41, 5.74) is 6.29. The van der Waals surface area contributed by atoms with E-state index in [1.807, 2.05) is 7.05 Å². The molecular weight excluding hydrogens is 248 g/mol. The summed E-state index contributed by atoms with van der Waals surface area (Å²) < 4.78 is 4.10. The number of amides is 1. The van der Waals surface area contributed by atoms with Crippen LogP contribution in [0.3, 0.4) is 0 Å². The number of aromatic nitrogens is 1. The number of nitrogen functional groups attached to an aromatic ring is 1. The van der Waals surface area contributed by atoms with Crippen molar-refractivity contribution in [3.8, 4) is 0 Å². The zero-order valence-corrected chi connectivity index (χ0v) is 11.7. The minimum atomic E-state index is -0.158. The number of nitrogens with zero attached hydrogens (tertiary/aromatic N) is 2. The second-order valence-electron chi connectivity index (χ2n) is 4.86. The summed E-state index contributed by atoms with van der Waals surface area (Å²) in [4.78, 5) is 13.9. The molecule has 0 unspecified atom stereocenters. The topological polar surface area (TPSA) is 71.2 Å². The van der Waals surface area contributed by atoms with E-state index in [1.165, 1.54) is 37.2 Å². The maximum absolute atomic E-state index is 11.8. The van der Waals surface area contributed by atoms with Crippen LogP contribution in [0.15, 0.2) is 0 Å². The van der Waals surface area contributed by atoms with Crippen molar-refractivity contribution in [2.75, 3.05) is 31.3 Å². The Bertz CT molecular complexity index is 426. The zero-order chi connectivity index (χ0) is 13.1. The Kier molecular flexibility index (Phi) is 4.06. The van der Waals surface area contributed by atoms with Crippen molar-refractivity contribution >= 4 is 28.3 Å². The summed E-state index contributed by atoms with van der Waals surface area (Å²) in [6.07, 6.45) is 5.22. The average molecular weight is 268 g/mol. The molecule has 1 heterocycles. The lowest BCUT2D eigenvalue weighted by atomic mass is 10.1. The van der Waals surface area contributed by atoms with E-state index in [0.29, 0.717) is 11.4 Å². The third-order valence-corrected chi connectivity index (χ3v) is 4.48. The lowest BCUT2D eigenvalue weighted by Gasteiger charge is -2.22. The van der Waals surface area contributed by atoms with Gasteiger partial charge in [-0.3, -0.25) is 4.79 Å². The minimum absolute atomic E-state index is 0.158. The molecule has 1 aliphatic rings. The van der Waals surface area contributed by atoms with E-state index >= 15 is 0 Å². The molecule has 18 heavy (non-hydrogen) atoms. The van der Waals surface area contributed by atoms with Crippen LogP contribution in [0.25, 0.3) is 0 Å². The van der Waals surface area contributed by atoms with E-state index in [9.17, 15) is 4.79 Å². The van der Waals surface area contributed by atoms with E-state index in [-0.39, 0.29) is 5.91 Å². The molecule has 2 rings (SSSR count). The van der Waals surface area contributed by atoms with E-state index in [4.69, 9.17) is 5.73 Å². The van der Waals surface area contributed by atoms with E-state index < -0.39 is 0 Å². The normalized spacial score (nSPS) is 15.9. The number of rotatable bonds is 4.